The highest BCUT2D eigenvalue weighted by atomic mass is 35.5. The van der Waals surface area contributed by atoms with Gasteiger partial charge in [-0.05, 0) is 24.1 Å². The van der Waals surface area contributed by atoms with Crippen molar-refractivity contribution in [1.82, 2.24) is 0 Å². The summed E-state index contributed by atoms with van der Waals surface area (Å²) in [5.41, 5.74) is 3.42. The van der Waals surface area contributed by atoms with Gasteiger partial charge in [0.1, 0.15) is 5.82 Å². The summed E-state index contributed by atoms with van der Waals surface area (Å²) in [7, 11) is 0. The average molecular weight is 189 g/mol. The topological polar surface area (TPSA) is 38.0 Å². The molecule has 1 aromatic rings. The van der Waals surface area contributed by atoms with Gasteiger partial charge in [-0.2, -0.15) is 0 Å². The SMILES string of the molecule is CCc1cc(NN)c(F)cc1Cl. The van der Waals surface area contributed by atoms with E-state index in [4.69, 9.17) is 17.4 Å². The Morgan fingerprint density at radius 1 is 1.58 bits per heavy atom. The number of nitrogen functional groups attached to an aromatic ring is 1. The molecule has 0 spiro atoms. The van der Waals surface area contributed by atoms with Crippen LogP contribution in [-0.2, 0) is 6.42 Å². The first-order valence-electron chi connectivity index (χ1n) is 3.63. The van der Waals surface area contributed by atoms with E-state index in [1.807, 2.05) is 6.92 Å². The summed E-state index contributed by atoms with van der Waals surface area (Å²) in [6, 6.07) is 2.87. The van der Waals surface area contributed by atoms with Crippen LogP contribution >= 0.6 is 11.6 Å². The lowest BCUT2D eigenvalue weighted by molar-refractivity contribution is 0.630. The Kier molecular flexibility index (Phi) is 2.89. The maximum absolute atomic E-state index is 12.9. The van der Waals surface area contributed by atoms with Crippen molar-refractivity contribution in [2.24, 2.45) is 5.84 Å². The van der Waals surface area contributed by atoms with Crippen LogP contribution in [0.3, 0.4) is 0 Å². The Balaban J connectivity index is 3.18. The van der Waals surface area contributed by atoms with Gasteiger partial charge in [-0.25, -0.2) is 4.39 Å². The molecular formula is C8H10ClFN2. The molecule has 0 aliphatic rings. The van der Waals surface area contributed by atoms with Crippen molar-refractivity contribution in [1.29, 1.82) is 0 Å². The number of hydrogen-bond donors (Lipinski definition) is 2. The van der Waals surface area contributed by atoms with Crippen LogP contribution in [0.4, 0.5) is 10.1 Å². The van der Waals surface area contributed by atoms with Gasteiger partial charge in [0.25, 0.3) is 0 Å². The van der Waals surface area contributed by atoms with Crippen LogP contribution in [0.25, 0.3) is 0 Å². The Hall–Kier alpha value is -0.800. The number of hydrazine groups is 1. The van der Waals surface area contributed by atoms with E-state index in [1.54, 1.807) is 6.07 Å². The van der Waals surface area contributed by atoms with Gasteiger partial charge in [0, 0.05) is 5.02 Å². The lowest BCUT2D eigenvalue weighted by Crippen LogP contribution is -2.09. The van der Waals surface area contributed by atoms with Crippen molar-refractivity contribution >= 4 is 17.3 Å². The van der Waals surface area contributed by atoms with Crippen LogP contribution in [0, 0.1) is 5.82 Å². The van der Waals surface area contributed by atoms with Crippen LogP contribution < -0.4 is 11.3 Å². The van der Waals surface area contributed by atoms with E-state index in [1.165, 1.54) is 6.07 Å². The highest BCUT2D eigenvalue weighted by Gasteiger charge is 2.05. The Morgan fingerprint density at radius 3 is 2.75 bits per heavy atom. The van der Waals surface area contributed by atoms with Crippen molar-refractivity contribution in [2.45, 2.75) is 13.3 Å². The van der Waals surface area contributed by atoms with Crippen molar-refractivity contribution in [3.63, 3.8) is 0 Å². The molecule has 0 saturated carbocycles. The quantitative estimate of drug-likeness (QED) is 0.552. The summed E-state index contributed by atoms with van der Waals surface area (Å²) in [5.74, 6) is 4.66. The minimum Gasteiger partial charge on any atom is -0.321 e. The van der Waals surface area contributed by atoms with Gasteiger partial charge in [-0.15, -0.1) is 0 Å². The van der Waals surface area contributed by atoms with E-state index < -0.39 is 5.82 Å². The zero-order valence-corrected chi connectivity index (χ0v) is 7.45. The van der Waals surface area contributed by atoms with E-state index in [0.717, 1.165) is 12.0 Å². The zero-order chi connectivity index (χ0) is 9.14. The summed E-state index contributed by atoms with van der Waals surface area (Å²) in [6.07, 6.45) is 0.758. The molecule has 66 valence electrons. The molecular weight excluding hydrogens is 179 g/mol. The third-order valence-electron chi connectivity index (χ3n) is 1.67. The third-order valence-corrected chi connectivity index (χ3v) is 2.02. The summed E-state index contributed by atoms with van der Waals surface area (Å²) < 4.78 is 12.9. The number of halogens is 2. The number of benzene rings is 1. The summed E-state index contributed by atoms with van der Waals surface area (Å²) in [4.78, 5) is 0. The van der Waals surface area contributed by atoms with Gasteiger partial charge in [0.05, 0.1) is 5.69 Å². The molecule has 0 amide bonds. The highest BCUT2D eigenvalue weighted by Crippen LogP contribution is 2.23. The molecule has 0 aliphatic heterocycles. The molecule has 0 saturated heterocycles. The molecule has 1 rings (SSSR count). The lowest BCUT2D eigenvalue weighted by atomic mass is 10.1. The number of anilines is 1. The number of aryl methyl sites for hydroxylation is 1. The van der Waals surface area contributed by atoms with Crippen molar-refractivity contribution < 1.29 is 4.39 Å². The van der Waals surface area contributed by atoms with Crippen LogP contribution in [0.15, 0.2) is 12.1 Å². The molecule has 0 fully saturated rings. The fourth-order valence-corrected chi connectivity index (χ4v) is 1.26. The number of nitrogens with two attached hydrogens (primary N) is 1. The Morgan fingerprint density at radius 2 is 2.25 bits per heavy atom. The summed E-state index contributed by atoms with van der Waals surface area (Å²) in [5, 5.41) is 0.439. The molecule has 2 nitrogen and oxygen atoms in total. The zero-order valence-electron chi connectivity index (χ0n) is 6.70. The number of nitrogens with one attached hydrogen (secondary N) is 1. The van der Waals surface area contributed by atoms with Gasteiger partial charge in [-0.1, -0.05) is 18.5 Å². The van der Waals surface area contributed by atoms with Gasteiger partial charge >= 0.3 is 0 Å². The van der Waals surface area contributed by atoms with Gasteiger partial charge in [0.15, 0.2) is 0 Å². The van der Waals surface area contributed by atoms with E-state index >= 15 is 0 Å². The second kappa shape index (κ2) is 3.74. The van der Waals surface area contributed by atoms with Crippen LogP contribution in [0.2, 0.25) is 5.02 Å². The van der Waals surface area contributed by atoms with E-state index in [2.05, 4.69) is 5.43 Å². The average Bonchev–Trinajstić information content (AvgIpc) is 2.05. The molecule has 0 aliphatic carbocycles. The molecule has 1 aromatic carbocycles. The van der Waals surface area contributed by atoms with Crippen LogP contribution in [0.1, 0.15) is 12.5 Å². The standard InChI is InChI=1S/C8H10ClFN2/c1-2-5-3-8(12-11)7(10)4-6(5)9/h3-4,12H,2,11H2,1H3. The smallest absolute Gasteiger partial charge is 0.149 e. The molecule has 12 heavy (non-hydrogen) atoms. The number of rotatable bonds is 2. The number of hydrogen-bond acceptors (Lipinski definition) is 2. The molecule has 0 radical (unpaired) electrons. The second-order valence-corrected chi connectivity index (χ2v) is 2.83. The molecule has 0 aromatic heterocycles. The fourth-order valence-electron chi connectivity index (χ4n) is 0.975. The summed E-state index contributed by atoms with van der Waals surface area (Å²) in [6.45, 7) is 1.94. The Bertz CT molecular complexity index is 263. The van der Waals surface area contributed by atoms with Gasteiger partial charge in [0.2, 0.25) is 0 Å². The highest BCUT2D eigenvalue weighted by molar-refractivity contribution is 6.31. The van der Waals surface area contributed by atoms with E-state index in [9.17, 15) is 4.39 Å². The summed E-state index contributed by atoms with van der Waals surface area (Å²) >= 11 is 5.75. The monoisotopic (exact) mass is 188 g/mol. The maximum atomic E-state index is 12.9. The third kappa shape index (κ3) is 1.68. The van der Waals surface area contributed by atoms with Crippen LogP contribution in [-0.4, -0.2) is 0 Å². The molecule has 0 unspecified atom stereocenters. The fraction of sp³-hybridized carbons (Fsp3) is 0.250. The molecule has 0 atom stereocenters. The van der Waals surface area contributed by atoms with E-state index in [0.29, 0.717) is 5.02 Å². The lowest BCUT2D eigenvalue weighted by Gasteiger charge is -2.06. The van der Waals surface area contributed by atoms with E-state index in [-0.39, 0.29) is 5.69 Å². The first kappa shape index (κ1) is 9.29. The minimum absolute atomic E-state index is 0.274. The molecule has 3 N–H and O–H groups in total. The predicted molar refractivity (Wildman–Crippen MR) is 48.6 cm³/mol. The Labute approximate surface area is 75.5 Å². The van der Waals surface area contributed by atoms with Crippen molar-refractivity contribution in [2.75, 3.05) is 5.43 Å². The second-order valence-electron chi connectivity index (χ2n) is 2.42. The van der Waals surface area contributed by atoms with Crippen LogP contribution in [0.5, 0.6) is 0 Å². The minimum atomic E-state index is -0.431. The molecule has 4 heteroatoms. The van der Waals surface area contributed by atoms with Gasteiger partial charge in [-0.3, -0.25) is 5.84 Å². The van der Waals surface area contributed by atoms with Gasteiger partial charge < -0.3 is 5.43 Å². The normalized spacial score (nSPS) is 10.0. The first-order chi connectivity index (χ1) is 5.69. The maximum Gasteiger partial charge on any atom is 0.149 e. The molecule has 0 heterocycles. The largest absolute Gasteiger partial charge is 0.321 e. The first-order valence-corrected chi connectivity index (χ1v) is 4.01. The van der Waals surface area contributed by atoms with Crippen molar-refractivity contribution in [3.8, 4) is 0 Å². The predicted octanol–water partition coefficient (Wildman–Crippen LogP) is 2.33. The molecule has 0 bridgehead atoms. The van der Waals surface area contributed by atoms with Crippen molar-refractivity contribution in [3.05, 3.63) is 28.5 Å².